The average Bonchev–Trinajstić information content (AvgIpc) is 2.89. The molecule has 0 saturated carbocycles. The van der Waals surface area contributed by atoms with Crippen molar-refractivity contribution in [1.29, 1.82) is 0 Å². The summed E-state index contributed by atoms with van der Waals surface area (Å²) in [6, 6.07) is 13.2. The molecule has 2 atom stereocenters. The molecule has 41 heavy (non-hydrogen) atoms. The smallest absolute Gasteiger partial charge is 0.408 e. The highest BCUT2D eigenvalue weighted by atomic mass is 16.6. The van der Waals surface area contributed by atoms with Crippen molar-refractivity contribution in [3.05, 3.63) is 70.8 Å². The third-order valence-corrected chi connectivity index (χ3v) is 6.24. The lowest BCUT2D eigenvalue weighted by molar-refractivity contribution is -0.144. The lowest BCUT2D eigenvalue weighted by Gasteiger charge is -2.35. The molecule has 0 radical (unpaired) electrons. The number of hydrogen-bond donors (Lipinski definition) is 2. The summed E-state index contributed by atoms with van der Waals surface area (Å²) in [4.78, 5) is 54.4. The molecule has 2 N–H and O–H groups in total. The Bertz CT molecular complexity index is 1180. The zero-order chi connectivity index (χ0) is 30.6. The Hall–Kier alpha value is -3.88. The second-order valence-electron chi connectivity index (χ2n) is 11.0. The van der Waals surface area contributed by atoms with Crippen molar-refractivity contribution in [2.45, 2.75) is 85.4 Å². The topological polar surface area (TPSA) is 114 Å². The number of ether oxygens (including phenoxy) is 2. The highest BCUT2D eigenvalue weighted by molar-refractivity contribution is 5.92. The summed E-state index contributed by atoms with van der Waals surface area (Å²) in [7, 11) is 0. The molecule has 0 spiro atoms. The van der Waals surface area contributed by atoms with E-state index in [9.17, 15) is 19.2 Å². The number of alkyl carbamates (subject to hydrolysis) is 1. The lowest BCUT2D eigenvalue weighted by atomic mass is 9.95. The second kappa shape index (κ2) is 15.8. The zero-order valence-electron chi connectivity index (χ0n) is 25.4. The van der Waals surface area contributed by atoms with Crippen molar-refractivity contribution in [2.24, 2.45) is 0 Å². The van der Waals surface area contributed by atoms with Crippen LogP contribution in [-0.4, -0.2) is 60.1 Å². The van der Waals surface area contributed by atoms with E-state index in [0.717, 1.165) is 16.7 Å². The first kappa shape index (κ1) is 33.3. The Labute approximate surface area is 244 Å². The Morgan fingerprint density at radius 1 is 0.976 bits per heavy atom. The first-order chi connectivity index (χ1) is 19.4. The van der Waals surface area contributed by atoms with E-state index in [-0.39, 0.29) is 32.5 Å². The second-order valence-corrected chi connectivity index (χ2v) is 11.0. The van der Waals surface area contributed by atoms with Gasteiger partial charge in [-0.2, -0.15) is 0 Å². The Morgan fingerprint density at radius 3 is 2.27 bits per heavy atom. The number of carbonyl (C=O) groups is 4. The van der Waals surface area contributed by atoms with E-state index in [0.29, 0.717) is 12.0 Å². The molecular weight excluding hydrogens is 522 g/mol. The first-order valence-electron chi connectivity index (χ1n) is 14.2. The van der Waals surface area contributed by atoms with Gasteiger partial charge in [0.25, 0.3) is 0 Å². The molecule has 0 heterocycles. The lowest BCUT2D eigenvalue weighted by Crippen LogP contribution is -2.54. The van der Waals surface area contributed by atoms with Gasteiger partial charge in [-0.25, -0.2) is 4.79 Å². The number of amides is 3. The van der Waals surface area contributed by atoms with E-state index in [2.05, 4.69) is 10.6 Å². The molecule has 2 aromatic carbocycles. The van der Waals surface area contributed by atoms with E-state index in [1.54, 1.807) is 27.7 Å². The minimum absolute atomic E-state index is 0.0116. The summed E-state index contributed by atoms with van der Waals surface area (Å²) in [5, 5.41) is 5.58. The minimum Gasteiger partial charge on any atom is -0.466 e. The fourth-order valence-corrected chi connectivity index (χ4v) is 4.43. The van der Waals surface area contributed by atoms with Gasteiger partial charge in [0.15, 0.2) is 0 Å². The van der Waals surface area contributed by atoms with Crippen LogP contribution in [-0.2, 0) is 30.3 Å². The van der Waals surface area contributed by atoms with Crippen molar-refractivity contribution < 1.29 is 28.7 Å². The van der Waals surface area contributed by atoms with Crippen molar-refractivity contribution in [3.8, 4) is 0 Å². The Balaban J connectivity index is 2.50. The molecule has 0 fully saturated rings. The third kappa shape index (κ3) is 10.9. The van der Waals surface area contributed by atoms with Gasteiger partial charge in [-0.3, -0.25) is 14.4 Å². The Morgan fingerprint density at radius 2 is 1.66 bits per heavy atom. The van der Waals surface area contributed by atoms with Crippen LogP contribution >= 0.6 is 0 Å². The highest BCUT2D eigenvalue weighted by Gasteiger charge is 2.36. The molecule has 0 aromatic heterocycles. The molecule has 224 valence electrons. The number of nitrogens with zero attached hydrogens (tertiary/aromatic N) is 1. The molecule has 0 aliphatic heterocycles. The van der Waals surface area contributed by atoms with Gasteiger partial charge >= 0.3 is 12.1 Å². The number of rotatable bonds is 13. The van der Waals surface area contributed by atoms with Gasteiger partial charge in [0, 0.05) is 19.5 Å². The normalized spacial score (nSPS) is 12.6. The van der Waals surface area contributed by atoms with Gasteiger partial charge in [0.2, 0.25) is 11.8 Å². The van der Waals surface area contributed by atoms with Crippen LogP contribution in [0.2, 0.25) is 0 Å². The van der Waals surface area contributed by atoms with Gasteiger partial charge in [0.1, 0.15) is 17.7 Å². The van der Waals surface area contributed by atoms with E-state index in [1.165, 1.54) is 4.90 Å². The summed E-state index contributed by atoms with van der Waals surface area (Å²) in [6.07, 6.45) is 0.0829. The first-order valence-corrected chi connectivity index (χ1v) is 14.2. The maximum atomic E-state index is 14.3. The van der Waals surface area contributed by atoms with Crippen molar-refractivity contribution >= 4 is 23.9 Å². The summed E-state index contributed by atoms with van der Waals surface area (Å²) in [5.41, 5.74) is 2.55. The third-order valence-electron chi connectivity index (χ3n) is 6.24. The minimum atomic E-state index is -0.987. The van der Waals surface area contributed by atoms with E-state index >= 15 is 0 Å². The van der Waals surface area contributed by atoms with Crippen LogP contribution in [0.15, 0.2) is 48.5 Å². The predicted octanol–water partition coefficient (Wildman–Crippen LogP) is 4.79. The number of carbonyl (C=O) groups excluding carboxylic acids is 4. The van der Waals surface area contributed by atoms with Crippen LogP contribution < -0.4 is 10.6 Å². The molecule has 0 saturated heterocycles. The van der Waals surface area contributed by atoms with Crippen LogP contribution in [0.5, 0.6) is 0 Å². The van der Waals surface area contributed by atoms with Gasteiger partial charge < -0.3 is 25.0 Å². The number of aryl methyl sites for hydroxylation is 2. The van der Waals surface area contributed by atoms with Crippen LogP contribution in [0.3, 0.4) is 0 Å². The van der Waals surface area contributed by atoms with Crippen molar-refractivity contribution in [3.63, 3.8) is 0 Å². The number of esters is 1. The van der Waals surface area contributed by atoms with Gasteiger partial charge in [-0.1, -0.05) is 61.0 Å². The van der Waals surface area contributed by atoms with Gasteiger partial charge in [-0.05, 0) is 64.7 Å². The molecule has 2 aromatic rings. The van der Waals surface area contributed by atoms with E-state index in [4.69, 9.17) is 9.47 Å². The quantitative estimate of drug-likeness (QED) is 0.337. The number of hydrogen-bond acceptors (Lipinski definition) is 6. The van der Waals surface area contributed by atoms with Crippen LogP contribution in [0, 0.1) is 13.8 Å². The molecule has 0 bridgehead atoms. The summed E-state index contributed by atoms with van der Waals surface area (Å²) < 4.78 is 10.5. The maximum absolute atomic E-state index is 14.3. The molecule has 0 aliphatic carbocycles. The number of benzene rings is 2. The molecule has 9 heteroatoms. The molecule has 0 aliphatic rings. The fraction of sp³-hybridized carbons (Fsp3) is 0.500. The molecule has 9 nitrogen and oxygen atoms in total. The van der Waals surface area contributed by atoms with Crippen LogP contribution in [0.4, 0.5) is 4.79 Å². The standard InChI is InChI=1S/C32H45N3O6/c1-8-19-35(30(38)26(21-24-13-11-10-12-14-24)34-31(39)41-32(5,6)7)28(25-20-22(3)15-16-23(25)4)29(37)33-18-17-27(36)40-9-2/h10-16,20,26,28H,8-9,17-19,21H2,1-7H3,(H,33,37)(H,34,39). The summed E-state index contributed by atoms with van der Waals surface area (Å²) in [6.45, 7) is 13.3. The Kier molecular flexibility index (Phi) is 12.8. The molecule has 2 rings (SSSR count). The number of nitrogens with one attached hydrogen (secondary N) is 2. The molecular formula is C32H45N3O6. The van der Waals surface area contributed by atoms with Crippen molar-refractivity contribution in [2.75, 3.05) is 19.7 Å². The zero-order valence-corrected chi connectivity index (χ0v) is 25.4. The maximum Gasteiger partial charge on any atom is 0.408 e. The van der Waals surface area contributed by atoms with E-state index < -0.39 is 41.6 Å². The summed E-state index contributed by atoms with van der Waals surface area (Å²) >= 11 is 0. The van der Waals surface area contributed by atoms with Gasteiger partial charge in [-0.15, -0.1) is 0 Å². The average molecular weight is 568 g/mol. The fourth-order valence-electron chi connectivity index (χ4n) is 4.43. The van der Waals surface area contributed by atoms with Crippen LogP contribution in [0.1, 0.15) is 75.8 Å². The molecule has 3 amide bonds. The van der Waals surface area contributed by atoms with E-state index in [1.807, 2.05) is 69.3 Å². The largest absolute Gasteiger partial charge is 0.466 e. The summed E-state index contributed by atoms with van der Waals surface area (Å²) in [5.74, 6) is -1.24. The highest BCUT2D eigenvalue weighted by Crippen LogP contribution is 2.27. The SMILES string of the molecule is CCCN(C(=O)C(Cc1ccccc1)NC(=O)OC(C)(C)C)C(C(=O)NCCC(=O)OCC)c1cc(C)ccc1C. The predicted molar refractivity (Wildman–Crippen MR) is 158 cm³/mol. The molecule has 2 unspecified atom stereocenters. The monoisotopic (exact) mass is 567 g/mol. The van der Waals surface area contributed by atoms with Crippen molar-refractivity contribution in [1.82, 2.24) is 15.5 Å². The van der Waals surface area contributed by atoms with Gasteiger partial charge in [0.05, 0.1) is 13.0 Å². The van der Waals surface area contributed by atoms with Crippen LogP contribution in [0.25, 0.3) is 0 Å².